The second-order valence-corrected chi connectivity index (χ2v) is 7.48. The quantitative estimate of drug-likeness (QED) is 0.921. The molecule has 0 bridgehead atoms. The van der Waals surface area contributed by atoms with Crippen LogP contribution in [0.25, 0.3) is 0 Å². The van der Waals surface area contributed by atoms with Crippen LogP contribution < -0.4 is 0 Å². The van der Waals surface area contributed by atoms with Crippen LogP contribution in [0.3, 0.4) is 0 Å². The summed E-state index contributed by atoms with van der Waals surface area (Å²) in [6.07, 6.45) is 2.00. The molecule has 0 spiro atoms. The summed E-state index contributed by atoms with van der Waals surface area (Å²) < 4.78 is 0. The minimum absolute atomic E-state index is 0.176. The molecule has 4 rings (SSSR count). The van der Waals surface area contributed by atoms with Crippen LogP contribution >= 0.6 is 0 Å². The standard InChI is InChI=1S/C22H26N2O2/c25-19-9-4-6-17(14-19)16-23-10-5-11-24(13-12-23)22(26)21-15-20(21)18-7-2-1-3-8-18/h1-4,6-9,14,20-21,25H,5,10-13,15-16H2/t20-,21+/m0/s1. The first-order chi connectivity index (χ1) is 12.7. The van der Waals surface area contributed by atoms with E-state index in [1.54, 1.807) is 6.07 Å². The number of phenolic OH excluding ortho intramolecular Hbond substituents is 1. The summed E-state index contributed by atoms with van der Waals surface area (Å²) in [5, 5.41) is 9.63. The van der Waals surface area contributed by atoms with Gasteiger partial charge in [0.15, 0.2) is 0 Å². The Kier molecular flexibility index (Phi) is 4.93. The Labute approximate surface area is 155 Å². The molecule has 1 amide bonds. The van der Waals surface area contributed by atoms with E-state index in [4.69, 9.17) is 0 Å². The van der Waals surface area contributed by atoms with Gasteiger partial charge in [0.1, 0.15) is 5.75 Å². The molecule has 2 aliphatic rings. The van der Waals surface area contributed by atoms with Crippen LogP contribution in [-0.2, 0) is 11.3 Å². The van der Waals surface area contributed by atoms with Gasteiger partial charge in [-0.25, -0.2) is 0 Å². The number of benzene rings is 2. The van der Waals surface area contributed by atoms with Gasteiger partial charge in [-0.15, -0.1) is 0 Å². The maximum atomic E-state index is 12.9. The van der Waals surface area contributed by atoms with Crippen molar-refractivity contribution in [3.8, 4) is 5.75 Å². The van der Waals surface area contributed by atoms with Gasteiger partial charge in [0.05, 0.1) is 0 Å². The molecule has 1 heterocycles. The fraction of sp³-hybridized carbons (Fsp3) is 0.409. The lowest BCUT2D eigenvalue weighted by molar-refractivity contribution is -0.132. The smallest absolute Gasteiger partial charge is 0.226 e. The van der Waals surface area contributed by atoms with E-state index in [1.807, 2.05) is 24.3 Å². The predicted octanol–water partition coefficient (Wildman–Crippen LogP) is 3.23. The minimum Gasteiger partial charge on any atom is -0.508 e. The molecular formula is C22H26N2O2. The van der Waals surface area contributed by atoms with E-state index >= 15 is 0 Å². The number of nitrogens with zero attached hydrogens (tertiary/aromatic N) is 2. The SMILES string of the molecule is O=C([C@@H]1C[C@H]1c1ccccc1)N1CCCN(Cc2cccc(O)c2)CC1. The monoisotopic (exact) mass is 350 g/mol. The third kappa shape index (κ3) is 3.91. The van der Waals surface area contributed by atoms with Crippen molar-refractivity contribution in [3.05, 3.63) is 65.7 Å². The molecule has 2 aromatic rings. The fourth-order valence-electron chi connectivity index (χ4n) is 4.03. The van der Waals surface area contributed by atoms with Gasteiger partial charge in [0, 0.05) is 38.6 Å². The van der Waals surface area contributed by atoms with Gasteiger partial charge < -0.3 is 10.0 Å². The Balaban J connectivity index is 1.32. The molecule has 2 atom stereocenters. The van der Waals surface area contributed by atoms with Crippen LogP contribution in [0.1, 0.15) is 29.9 Å². The first-order valence-corrected chi connectivity index (χ1v) is 9.55. The summed E-state index contributed by atoms with van der Waals surface area (Å²) in [4.78, 5) is 17.3. The van der Waals surface area contributed by atoms with Gasteiger partial charge in [-0.2, -0.15) is 0 Å². The minimum atomic E-state index is 0.176. The number of phenols is 1. The van der Waals surface area contributed by atoms with Crippen LogP contribution in [0.2, 0.25) is 0 Å². The summed E-state index contributed by atoms with van der Waals surface area (Å²) in [6, 6.07) is 17.9. The third-order valence-corrected chi connectivity index (χ3v) is 5.55. The van der Waals surface area contributed by atoms with E-state index in [-0.39, 0.29) is 5.92 Å². The molecule has 2 fully saturated rings. The van der Waals surface area contributed by atoms with Crippen molar-refractivity contribution < 1.29 is 9.90 Å². The second kappa shape index (κ2) is 7.50. The summed E-state index contributed by atoms with van der Waals surface area (Å²) in [5.74, 6) is 1.23. The lowest BCUT2D eigenvalue weighted by Crippen LogP contribution is -2.36. The lowest BCUT2D eigenvalue weighted by atomic mass is 10.1. The number of hydrogen-bond donors (Lipinski definition) is 1. The first kappa shape index (κ1) is 17.1. The largest absolute Gasteiger partial charge is 0.508 e. The molecule has 0 aromatic heterocycles. The molecule has 0 unspecified atom stereocenters. The van der Waals surface area contributed by atoms with E-state index < -0.39 is 0 Å². The van der Waals surface area contributed by atoms with Gasteiger partial charge in [0.25, 0.3) is 0 Å². The van der Waals surface area contributed by atoms with Gasteiger partial charge in [-0.3, -0.25) is 9.69 Å². The molecule has 0 radical (unpaired) electrons. The summed E-state index contributed by atoms with van der Waals surface area (Å²) in [6.45, 7) is 4.37. The Morgan fingerprint density at radius 1 is 1.00 bits per heavy atom. The molecule has 26 heavy (non-hydrogen) atoms. The Morgan fingerprint density at radius 3 is 2.65 bits per heavy atom. The number of amides is 1. The van der Waals surface area contributed by atoms with Gasteiger partial charge in [-0.1, -0.05) is 42.5 Å². The molecule has 1 saturated carbocycles. The van der Waals surface area contributed by atoms with Crippen LogP contribution in [0, 0.1) is 5.92 Å². The molecule has 4 nitrogen and oxygen atoms in total. The van der Waals surface area contributed by atoms with Crippen molar-refractivity contribution in [3.63, 3.8) is 0 Å². The van der Waals surface area contributed by atoms with Gasteiger partial charge in [0.2, 0.25) is 5.91 Å². The maximum Gasteiger partial charge on any atom is 0.226 e. The van der Waals surface area contributed by atoms with Crippen molar-refractivity contribution in [1.82, 2.24) is 9.80 Å². The highest BCUT2D eigenvalue weighted by Crippen LogP contribution is 2.48. The van der Waals surface area contributed by atoms with Crippen molar-refractivity contribution >= 4 is 5.91 Å². The highest BCUT2D eigenvalue weighted by Gasteiger charge is 2.45. The first-order valence-electron chi connectivity index (χ1n) is 9.55. The van der Waals surface area contributed by atoms with E-state index in [0.29, 0.717) is 17.6 Å². The normalized spacial score (nSPS) is 23.5. The zero-order valence-corrected chi connectivity index (χ0v) is 15.1. The average Bonchev–Trinajstić information content (AvgIpc) is 3.47. The number of aromatic hydroxyl groups is 1. The average molecular weight is 350 g/mol. The second-order valence-electron chi connectivity index (χ2n) is 7.48. The molecule has 2 aromatic carbocycles. The molecule has 1 saturated heterocycles. The van der Waals surface area contributed by atoms with Gasteiger partial charge >= 0.3 is 0 Å². The van der Waals surface area contributed by atoms with E-state index in [0.717, 1.165) is 51.1 Å². The third-order valence-electron chi connectivity index (χ3n) is 5.55. The molecular weight excluding hydrogens is 324 g/mol. The summed E-state index contributed by atoms with van der Waals surface area (Å²) in [5.41, 5.74) is 2.42. The number of hydrogen-bond acceptors (Lipinski definition) is 3. The van der Waals surface area contributed by atoms with Gasteiger partial charge in [-0.05, 0) is 42.0 Å². The fourth-order valence-corrected chi connectivity index (χ4v) is 4.03. The van der Waals surface area contributed by atoms with Crippen molar-refractivity contribution in [2.45, 2.75) is 25.3 Å². The zero-order chi connectivity index (χ0) is 17.9. The number of carbonyl (C=O) groups is 1. The Hall–Kier alpha value is -2.33. The van der Waals surface area contributed by atoms with Crippen LogP contribution in [0.15, 0.2) is 54.6 Å². The Morgan fingerprint density at radius 2 is 1.85 bits per heavy atom. The maximum absolute atomic E-state index is 12.9. The van der Waals surface area contributed by atoms with Crippen LogP contribution in [0.5, 0.6) is 5.75 Å². The molecule has 1 N–H and O–H groups in total. The predicted molar refractivity (Wildman–Crippen MR) is 102 cm³/mol. The Bertz CT molecular complexity index is 762. The van der Waals surface area contributed by atoms with E-state index in [9.17, 15) is 9.90 Å². The molecule has 4 heteroatoms. The number of carbonyl (C=O) groups excluding carboxylic acids is 1. The van der Waals surface area contributed by atoms with Crippen LogP contribution in [-0.4, -0.2) is 47.0 Å². The summed E-state index contributed by atoms with van der Waals surface area (Å²) >= 11 is 0. The van der Waals surface area contributed by atoms with E-state index in [2.05, 4.69) is 34.1 Å². The molecule has 1 aliphatic heterocycles. The zero-order valence-electron chi connectivity index (χ0n) is 15.1. The number of rotatable bonds is 4. The van der Waals surface area contributed by atoms with Crippen LogP contribution in [0.4, 0.5) is 0 Å². The highest BCUT2D eigenvalue weighted by atomic mass is 16.3. The lowest BCUT2D eigenvalue weighted by Gasteiger charge is -2.22. The van der Waals surface area contributed by atoms with Crippen molar-refractivity contribution in [2.24, 2.45) is 5.92 Å². The van der Waals surface area contributed by atoms with E-state index in [1.165, 1.54) is 5.56 Å². The topological polar surface area (TPSA) is 43.8 Å². The summed E-state index contributed by atoms with van der Waals surface area (Å²) in [7, 11) is 0. The van der Waals surface area contributed by atoms with Crippen molar-refractivity contribution in [1.29, 1.82) is 0 Å². The molecule has 1 aliphatic carbocycles. The van der Waals surface area contributed by atoms with Crippen molar-refractivity contribution in [2.75, 3.05) is 26.2 Å². The molecule has 136 valence electrons. The highest BCUT2D eigenvalue weighted by molar-refractivity contribution is 5.83.